The fourth-order valence-electron chi connectivity index (χ4n) is 3.94. The molecular formula is C26H22N2O2. The Hall–Kier alpha value is -3.66. The highest BCUT2D eigenvalue weighted by molar-refractivity contribution is 5.70. The third-order valence-electron chi connectivity index (χ3n) is 5.38. The molecule has 4 heteroatoms. The van der Waals surface area contributed by atoms with Crippen molar-refractivity contribution < 1.29 is 9.47 Å². The zero-order chi connectivity index (χ0) is 20.2. The smallest absolute Gasteiger partial charge is 0.161 e. The third kappa shape index (κ3) is 3.77. The molecule has 0 bridgehead atoms. The summed E-state index contributed by atoms with van der Waals surface area (Å²) in [6.07, 6.45) is 4.49. The predicted molar refractivity (Wildman–Crippen MR) is 117 cm³/mol. The SMILES string of the molecule is c1ccc(C(Cc2ccccc2-c2ccc3c(c2)OCCO3)c2ccccn2)nc1. The summed E-state index contributed by atoms with van der Waals surface area (Å²) in [5, 5.41) is 0. The van der Waals surface area contributed by atoms with Crippen molar-refractivity contribution in [2.45, 2.75) is 12.3 Å². The standard InChI is InChI=1S/C26H22N2O2/c1-2-8-21(20-11-12-25-26(18-20)30-16-15-29-25)19(7-1)17-22(23-9-3-5-13-27-23)24-10-4-6-14-28-24/h1-14,18,22H,15-17H2. The molecular weight excluding hydrogens is 372 g/mol. The van der Waals surface area contributed by atoms with Gasteiger partial charge in [0.15, 0.2) is 11.5 Å². The molecule has 0 amide bonds. The summed E-state index contributed by atoms with van der Waals surface area (Å²) in [4.78, 5) is 9.27. The third-order valence-corrected chi connectivity index (χ3v) is 5.38. The van der Waals surface area contributed by atoms with E-state index in [1.54, 1.807) is 0 Å². The zero-order valence-electron chi connectivity index (χ0n) is 16.6. The molecule has 0 fully saturated rings. The molecule has 0 spiro atoms. The van der Waals surface area contributed by atoms with Crippen molar-refractivity contribution in [2.24, 2.45) is 0 Å². The molecule has 2 aromatic carbocycles. The Morgan fingerprint density at radius 2 is 1.37 bits per heavy atom. The molecule has 4 nitrogen and oxygen atoms in total. The van der Waals surface area contributed by atoms with Gasteiger partial charge in [-0.3, -0.25) is 9.97 Å². The summed E-state index contributed by atoms with van der Waals surface area (Å²) < 4.78 is 11.5. The first kappa shape index (κ1) is 18.4. The number of nitrogens with zero attached hydrogens (tertiary/aromatic N) is 2. The van der Waals surface area contributed by atoms with E-state index in [9.17, 15) is 0 Å². The second-order valence-electron chi connectivity index (χ2n) is 7.28. The van der Waals surface area contributed by atoms with Crippen LogP contribution in [-0.2, 0) is 6.42 Å². The van der Waals surface area contributed by atoms with E-state index in [0.717, 1.165) is 34.9 Å². The van der Waals surface area contributed by atoms with Crippen molar-refractivity contribution in [2.75, 3.05) is 13.2 Å². The number of ether oxygens (including phenoxy) is 2. The van der Waals surface area contributed by atoms with Gasteiger partial charge in [-0.05, 0) is 59.5 Å². The van der Waals surface area contributed by atoms with Gasteiger partial charge in [-0.25, -0.2) is 0 Å². The molecule has 0 aliphatic carbocycles. The summed E-state index contributed by atoms with van der Waals surface area (Å²) in [5.41, 5.74) is 5.60. The van der Waals surface area contributed by atoms with Gasteiger partial charge in [0.1, 0.15) is 13.2 Å². The normalized spacial score (nSPS) is 12.7. The maximum atomic E-state index is 5.80. The lowest BCUT2D eigenvalue weighted by atomic mass is 9.88. The molecule has 2 aromatic heterocycles. The lowest BCUT2D eigenvalue weighted by Gasteiger charge is -2.21. The quantitative estimate of drug-likeness (QED) is 0.461. The number of pyridine rings is 2. The van der Waals surface area contributed by atoms with Crippen LogP contribution < -0.4 is 9.47 Å². The number of hydrogen-bond donors (Lipinski definition) is 0. The Bertz CT molecular complexity index is 1090. The maximum absolute atomic E-state index is 5.80. The molecule has 5 rings (SSSR count). The van der Waals surface area contributed by atoms with Crippen molar-refractivity contribution in [1.82, 2.24) is 9.97 Å². The molecule has 0 N–H and O–H groups in total. The second kappa shape index (κ2) is 8.37. The van der Waals surface area contributed by atoms with E-state index in [2.05, 4.69) is 58.5 Å². The molecule has 30 heavy (non-hydrogen) atoms. The Labute approximate surface area is 176 Å². The first-order chi connectivity index (χ1) is 14.9. The van der Waals surface area contributed by atoms with Crippen LogP contribution in [-0.4, -0.2) is 23.2 Å². The van der Waals surface area contributed by atoms with Crippen molar-refractivity contribution in [1.29, 1.82) is 0 Å². The first-order valence-corrected chi connectivity index (χ1v) is 10.2. The van der Waals surface area contributed by atoms with E-state index < -0.39 is 0 Å². The topological polar surface area (TPSA) is 44.2 Å². The summed E-state index contributed by atoms with van der Waals surface area (Å²) in [5.74, 6) is 1.69. The first-order valence-electron chi connectivity index (χ1n) is 10.2. The minimum absolute atomic E-state index is 0.0748. The van der Waals surface area contributed by atoms with E-state index in [1.807, 2.05) is 42.7 Å². The minimum Gasteiger partial charge on any atom is -0.486 e. The summed E-state index contributed by atoms with van der Waals surface area (Å²) in [6.45, 7) is 1.18. The average molecular weight is 394 g/mol. The minimum atomic E-state index is 0.0748. The van der Waals surface area contributed by atoms with Gasteiger partial charge < -0.3 is 9.47 Å². The van der Waals surface area contributed by atoms with Crippen LogP contribution >= 0.6 is 0 Å². The van der Waals surface area contributed by atoms with Crippen LogP contribution in [0.3, 0.4) is 0 Å². The van der Waals surface area contributed by atoms with Gasteiger partial charge in [0.2, 0.25) is 0 Å². The van der Waals surface area contributed by atoms with Crippen LogP contribution in [0, 0.1) is 0 Å². The highest BCUT2D eigenvalue weighted by Gasteiger charge is 2.20. The molecule has 1 aliphatic rings. The van der Waals surface area contributed by atoms with Crippen molar-refractivity contribution in [3.05, 3.63) is 108 Å². The number of rotatable bonds is 5. The van der Waals surface area contributed by atoms with Crippen LogP contribution in [0.5, 0.6) is 11.5 Å². The molecule has 0 saturated carbocycles. The highest BCUT2D eigenvalue weighted by atomic mass is 16.6. The molecule has 0 saturated heterocycles. The number of hydrogen-bond acceptors (Lipinski definition) is 4. The molecule has 4 aromatic rings. The van der Waals surface area contributed by atoms with Gasteiger partial charge in [-0.15, -0.1) is 0 Å². The molecule has 0 radical (unpaired) electrons. The fraction of sp³-hybridized carbons (Fsp3) is 0.154. The largest absolute Gasteiger partial charge is 0.486 e. The zero-order valence-corrected chi connectivity index (χ0v) is 16.6. The van der Waals surface area contributed by atoms with Crippen molar-refractivity contribution in [3.63, 3.8) is 0 Å². The van der Waals surface area contributed by atoms with E-state index in [0.29, 0.717) is 13.2 Å². The Kier molecular flexibility index (Phi) is 5.13. The number of benzene rings is 2. The highest BCUT2D eigenvalue weighted by Crippen LogP contribution is 2.37. The van der Waals surface area contributed by atoms with Gasteiger partial charge in [0.05, 0.1) is 0 Å². The average Bonchev–Trinajstić information content (AvgIpc) is 2.83. The van der Waals surface area contributed by atoms with Gasteiger partial charge >= 0.3 is 0 Å². The van der Waals surface area contributed by atoms with Crippen LogP contribution in [0.4, 0.5) is 0 Å². The van der Waals surface area contributed by atoms with Crippen LogP contribution in [0.15, 0.2) is 91.3 Å². The Morgan fingerprint density at radius 3 is 2.07 bits per heavy atom. The van der Waals surface area contributed by atoms with Crippen molar-refractivity contribution >= 4 is 0 Å². The van der Waals surface area contributed by atoms with Gasteiger partial charge in [-0.1, -0.05) is 42.5 Å². The van der Waals surface area contributed by atoms with E-state index >= 15 is 0 Å². The summed E-state index contributed by atoms with van der Waals surface area (Å²) in [7, 11) is 0. The van der Waals surface area contributed by atoms with Crippen molar-refractivity contribution in [3.8, 4) is 22.6 Å². The van der Waals surface area contributed by atoms with Gasteiger partial charge in [0.25, 0.3) is 0 Å². The molecule has 0 atom stereocenters. The summed E-state index contributed by atoms with van der Waals surface area (Å²) in [6, 6.07) is 26.8. The molecule has 148 valence electrons. The number of fused-ring (bicyclic) bond motifs is 1. The lowest BCUT2D eigenvalue weighted by molar-refractivity contribution is 0.171. The Balaban J connectivity index is 1.54. The number of aromatic nitrogens is 2. The Morgan fingerprint density at radius 1 is 0.700 bits per heavy atom. The van der Waals surface area contributed by atoms with Crippen LogP contribution in [0.1, 0.15) is 22.9 Å². The van der Waals surface area contributed by atoms with Crippen LogP contribution in [0.25, 0.3) is 11.1 Å². The summed E-state index contributed by atoms with van der Waals surface area (Å²) >= 11 is 0. The van der Waals surface area contributed by atoms with Gasteiger partial charge in [0, 0.05) is 29.7 Å². The molecule has 0 unspecified atom stereocenters. The monoisotopic (exact) mass is 394 g/mol. The predicted octanol–water partition coefficient (Wildman–Crippen LogP) is 5.29. The van der Waals surface area contributed by atoms with E-state index in [4.69, 9.17) is 9.47 Å². The lowest BCUT2D eigenvalue weighted by Crippen LogP contribution is -2.15. The fourth-order valence-corrected chi connectivity index (χ4v) is 3.94. The van der Waals surface area contributed by atoms with E-state index in [-0.39, 0.29) is 5.92 Å². The van der Waals surface area contributed by atoms with E-state index in [1.165, 1.54) is 11.1 Å². The van der Waals surface area contributed by atoms with Crippen LogP contribution in [0.2, 0.25) is 0 Å². The second-order valence-corrected chi connectivity index (χ2v) is 7.28. The molecule has 3 heterocycles. The maximum Gasteiger partial charge on any atom is 0.161 e. The molecule has 1 aliphatic heterocycles. The van der Waals surface area contributed by atoms with Gasteiger partial charge in [-0.2, -0.15) is 0 Å².